The first-order valence-electron chi connectivity index (χ1n) is 6.33. The number of nitrogens with two attached hydrogens (primary N) is 1. The van der Waals surface area contributed by atoms with Crippen molar-refractivity contribution < 1.29 is 4.39 Å². The molecular formula is C14H15FN4. The van der Waals surface area contributed by atoms with E-state index in [2.05, 4.69) is 15.1 Å². The molecule has 0 aliphatic carbocycles. The van der Waals surface area contributed by atoms with Crippen LogP contribution < -0.4 is 10.6 Å². The molecule has 1 atom stereocenters. The molecule has 4 nitrogen and oxygen atoms in total. The van der Waals surface area contributed by atoms with Crippen molar-refractivity contribution in [2.75, 3.05) is 18.0 Å². The summed E-state index contributed by atoms with van der Waals surface area (Å²) in [5.74, 6) is 0.515. The van der Waals surface area contributed by atoms with Gasteiger partial charge in [0.15, 0.2) is 5.82 Å². The Labute approximate surface area is 111 Å². The number of hydrogen-bond acceptors (Lipinski definition) is 4. The van der Waals surface area contributed by atoms with Crippen molar-refractivity contribution in [2.45, 2.75) is 12.5 Å². The van der Waals surface area contributed by atoms with Crippen LogP contribution in [0.5, 0.6) is 0 Å². The number of rotatable bonds is 2. The molecule has 1 fully saturated rings. The Kier molecular flexibility index (Phi) is 3.13. The normalized spacial score (nSPS) is 18.8. The second-order valence-electron chi connectivity index (χ2n) is 4.75. The third kappa shape index (κ3) is 2.42. The summed E-state index contributed by atoms with van der Waals surface area (Å²) >= 11 is 0. The minimum absolute atomic E-state index is 0.202. The Morgan fingerprint density at radius 3 is 2.63 bits per heavy atom. The lowest BCUT2D eigenvalue weighted by molar-refractivity contribution is 0.630. The zero-order chi connectivity index (χ0) is 13.2. The Morgan fingerprint density at radius 2 is 2.00 bits per heavy atom. The van der Waals surface area contributed by atoms with Gasteiger partial charge in [0.25, 0.3) is 0 Å². The maximum atomic E-state index is 13.6. The van der Waals surface area contributed by atoms with Crippen molar-refractivity contribution in [3.8, 4) is 11.3 Å². The molecule has 2 aromatic rings. The fourth-order valence-corrected chi connectivity index (χ4v) is 2.30. The van der Waals surface area contributed by atoms with Gasteiger partial charge in [-0.15, -0.1) is 10.2 Å². The van der Waals surface area contributed by atoms with Crippen LogP contribution in [0.2, 0.25) is 0 Å². The van der Waals surface area contributed by atoms with Gasteiger partial charge in [0, 0.05) is 24.7 Å². The molecule has 0 bridgehead atoms. The molecule has 3 rings (SSSR count). The van der Waals surface area contributed by atoms with Crippen LogP contribution in [0.4, 0.5) is 10.2 Å². The molecule has 1 saturated heterocycles. The lowest BCUT2D eigenvalue weighted by Crippen LogP contribution is -2.27. The average Bonchev–Trinajstić information content (AvgIpc) is 2.86. The molecule has 19 heavy (non-hydrogen) atoms. The first-order chi connectivity index (χ1) is 9.24. The summed E-state index contributed by atoms with van der Waals surface area (Å²) in [7, 11) is 0. The predicted molar refractivity (Wildman–Crippen MR) is 72.2 cm³/mol. The highest BCUT2D eigenvalue weighted by atomic mass is 19.1. The number of anilines is 1. The van der Waals surface area contributed by atoms with Crippen LogP contribution in [0.15, 0.2) is 36.4 Å². The van der Waals surface area contributed by atoms with Gasteiger partial charge in [-0.3, -0.25) is 0 Å². The van der Waals surface area contributed by atoms with Gasteiger partial charge in [-0.25, -0.2) is 4.39 Å². The van der Waals surface area contributed by atoms with Gasteiger partial charge in [-0.05, 0) is 30.7 Å². The van der Waals surface area contributed by atoms with Crippen molar-refractivity contribution in [1.29, 1.82) is 0 Å². The SMILES string of the molecule is NC1CCN(c2ccc(-c3ccccc3F)nn2)C1. The Bertz CT molecular complexity index is 570. The van der Waals surface area contributed by atoms with Crippen molar-refractivity contribution >= 4 is 5.82 Å². The van der Waals surface area contributed by atoms with E-state index < -0.39 is 0 Å². The van der Waals surface area contributed by atoms with Gasteiger partial charge in [-0.2, -0.15) is 0 Å². The van der Waals surface area contributed by atoms with Crippen molar-refractivity contribution in [2.24, 2.45) is 5.73 Å². The van der Waals surface area contributed by atoms with E-state index in [1.807, 2.05) is 6.07 Å². The van der Waals surface area contributed by atoms with Gasteiger partial charge in [-0.1, -0.05) is 12.1 Å². The maximum absolute atomic E-state index is 13.6. The fourth-order valence-electron chi connectivity index (χ4n) is 2.30. The van der Waals surface area contributed by atoms with Crippen LogP contribution in [-0.4, -0.2) is 29.3 Å². The summed E-state index contributed by atoms with van der Waals surface area (Å²) < 4.78 is 13.6. The minimum Gasteiger partial charge on any atom is -0.354 e. The molecule has 1 aromatic heterocycles. The smallest absolute Gasteiger partial charge is 0.151 e. The number of halogens is 1. The standard InChI is InChI=1S/C14H15FN4/c15-12-4-2-1-3-11(12)13-5-6-14(18-17-13)19-8-7-10(16)9-19/h1-6,10H,7-9,16H2. The summed E-state index contributed by atoms with van der Waals surface area (Å²) in [6, 6.07) is 10.4. The average molecular weight is 258 g/mol. The highest BCUT2D eigenvalue weighted by molar-refractivity contribution is 5.60. The molecular weight excluding hydrogens is 243 g/mol. The quantitative estimate of drug-likeness (QED) is 0.892. The zero-order valence-corrected chi connectivity index (χ0v) is 10.5. The van der Waals surface area contributed by atoms with Gasteiger partial charge >= 0.3 is 0 Å². The largest absolute Gasteiger partial charge is 0.354 e. The van der Waals surface area contributed by atoms with E-state index in [-0.39, 0.29) is 11.9 Å². The van der Waals surface area contributed by atoms with Crippen LogP contribution in [-0.2, 0) is 0 Å². The topological polar surface area (TPSA) is 55.0 Å². The predicted octanol–water partition coefficient (Wildman–Crippen LogP) is 1.82. The van der Waals surface area contributed by atoms with E-state index in [0.29, 0.717) is 11.3 Å². The van der Waals surface area contributed by atoms with Gasteiger partial charge in [0.1, 0.15) is 5.82 Å². The summed E-state index contributed by atoms with van der Waals surface area (Å²) in [4.78, 5) is 2.10. The molecule has 1 aliphatic heterocycles. The zero-order valence-electron chi connectivity index (χ0n) is 10.5. The second kappa shape index (κ2) is 4.93. The van der Waals surface area contributed by atoms with E-state index in [1.165, 1.54) is 6.07 Å². The number of aromatic nitrogens is 2. The Morgan fingerprint density at radius 1 is 1.16 bits per heavy atom. The van der Waals surface area contributed by atoms with Gasteiger partial charge < -0.3 is 10.6 Å². The lowest BCUT2D eigenvalue weighted by Gasteiger charge is -2.15. The Hall–Kier alpha value is -2.01. The molecule has 0 radical (unpaired) electrons. The van der Waals surface area contributed by atoms with Crippen molar-refractivity contribution in [3.63, 3.8) is 0 Å². The number of benzene rings is 1. The molecule has 2 heterocycles. The molecule has 1 aromatic carbocycles. The van der Waals surface area contributed by atoms with E-state index >= 15 is 0 Å². The fraction of sp³-hybridized carbons (Fsp3) is 0.286. The summed E-state index contributed by atoms with van der Waals surface area (Å²) in [5.41, 5.74) is 6.88. The van der Waals surface area contributed by atoms with Crippen LogP contribution in [0, 0.1) is 5.82 Å². The molecule has 98 valence electrons. The first kappa shape index (κ1) is 12.0. The van der Waals surface area contributed by atoms with E-state index in [9.17, 15) is 4.39 Å². The molecule has 0 spiro atoms. The second-order valence-corrected chi connectivity index (χ2v) is 4.75. The minimum atomic E-state index is -0.284. The van der Waals surface area contributed by atoms with E-state index in [1.54, 1.807) is 24.3 Å². The Balaban J connectivity index is 1.85. The third-order valence-corrected chi connectivity index (χ3v) is 3.35. The van der Waals surface area contributed by atoms with E-state index in [4.69, 9.17) is 5.73 Å². The van der Waals surface area contributed by atoms with Crippen LogP contribution in [0.3, 0.4) is 0 Å². The molecule has 0 amide bonds. The van der Waals surface area contributed by atoms with Crippen LogP contribution in [0.25, 0.3) is 11.3 Å². The third-order valence-electron chi connectivity index (χ3n) is 3.35. The molecule has 5 heteroatoms. The van der Waals surface area contributed by atoms with Crippen LogP contribution in [0.1, 0.15) is 6.42 Å². The van der Waals surface area contributed by atoms with Crippen molar-refractivity contribution in [1.82, 2.24) is 10.2 Å². The van der Waals surface area contributed by atoms with Crippen LogP contribution >= 0.6 is 0 Å². The molecule has 2 N–H and O–H groups in total. The molecule has 1 aliphatic rings. The highest BCUT2D eigenvalue weighted by Crippen LogP contribution is 2.22. The summed E-state index contributed by atoms with van der Waals surface area (Å²) in [6.45, 7) is 1.70. The van der Waals surface area contributed by atoms with Crippen molar-refractivity contribution in [3.05, 3.63) is 42.2 Å². The summed E-state index contributed by atoms with van der Waals surface area (Å²) in [6.07, 6.45) is 0.969. The lowest BCUT2D eigenvalue weighted by atomic mass is 10.1. The summed E-state index contributed by atoms with van der Waals surface area (Å²) in [5, 5.41) is 8.27. The number of nitrogens with zero attached hydrogens (tertiary/aromatic N) is 3. The monoisotopic (exact) mass is 258 g/mol. The highest BCUT2D eigenvalue weighted by Gasteiger charge is 2.20. The van der Waals surface area contributed by atoms with Gasteiger partial charge in [0.05, 0.1) is 5.69 Å². The number of hydrogen-bond donors (Lipinski definition) is 1. The van der Waals surface area contributed by atoms with Gasteiger partial charge in [0.2, 0.25) is 0 Å². The first-order valence-corrected chi connectivity index (χ1v) is 6.33. The van der Waals surface area contributed by atoms with E-state index in [0.717, 1.165) is 25.3 Å². The molecule has 1 unspecified atom stereocenters. The molecule has 0 saturated carbocycles. The maximum Gasteiger partial charge on any atom is 0.151 e.